The first kappa shape index (κ1) is 18.1. The number of carbonyl (C=O) groups is 1. The Morgan fingerprint density at radius 3 is 2.62 bits per heavy atom. The molecule has 0 bridgehead atoms. The van der Waals surface area contributed by atoms with Crippen LogP contribution < -0.4 is 14.8 Å². The predicted octanol–water partition coefficient (Wildman–Crippen LogP) is 4.46. The molecule has 5 heteroatoms. The molecule has 1 N–H and O–H groups in total. The second-order valence-corrected chi connectivity index (χ2v) is 6.35. The predicted molar refractivity (Wildman–Crippen MR) is 103 cm³/mol. The first-order chi connectivity index (χ1) is 12.7. The van der Waals surface area contributed by atoms with Crippen LogP contribution in [-0.4, -0.2) is 31.1 Å². The Morgan fingerprint density at radius 2 is 1.88 bits per heavy atom. The number of benzene rings is 2. The minimum Gasteiger partial charge on any atom is -0.493 e. The molecule has 1 amide bonds. The first-order valence-electron chi connectivity index (χ1n) is 9.16. The lowest BCUT2D eigenvalue weighted by molar-refractivity contribution is 0.0683. The van der Waals surface area contributed by atoms with Crippen LogP contribution in [0.5, 0.6) is 11.5 Å². The molecule has 0 saturated carbocycles. The minimum atomic E-state index is -0.229. The third-order valence-electron chi connectivity index (χ3n) is 4.45. The number of hydrogen-bond acceptors (Lipinski definition) is 4. The highest BCUT2D eigenvalue weighted by Crippen LogP contribution is 2.37. The molecule has 0 saturated heterocycles. The molecule has 0 radical (unpaired) electrons. The number of anilines is 1. The summed E-state index contributed by atoms with van der Waals surface area (Å²) in [7, 11) is 1.63. The number of carbonyl (C=O) groups excluding carboxylic acids is 1. The summed E-state index contributed by atoms with van der Waals surface area (Å²) in [6.07, 6.45) is 1.58. The summed E-state index contributed by atoms with van der Waals surface area (Å²) in [5, 5.41) is 3.51. The van der Waals surface area contributed by atoms with Gasteiger partial charge in [-0.25, -0.2) is 0 Å². The van der Waals surface area contributed by atoms with Crippen LogP contribution in [0.2, 0.25) is 0 Å². The van der Waals surface area contributed by atoms with Gasteiger partial charge >= 0.3 is 0 Å². The molecule has 1 heterocycles. The van der Waals surface area contributed by atoms with Crippen LogP contribution in [0.3, 0.4) is 0 Å². The second-order valence-electron chi connectivity index (χ2n) is 6.35. The molecule has 0 unspecified atom stereocenters. The highest BCUT2D eigenvalue weighted by molar-refractivity contribution is 6.01. The Labute approximate surface area is 154 Å². The Morgan fingerprint density at radius 1 is 1.08 bits per heavy atom. The van der Waals surface area contributed by atoms with Crippen molar-refractivity contribution >= 4 is 11.6 Å². The SMILES string of the molecule is CCCOc1cc([C@H]2Nc3ccccc3C(=O)N2CCC)ccc1OC. The van der Waals surface area contributed by atoms with Crippen LogP contribution in [-0.2, 0) is 0 Å². The van der Waals surface area contributed by atoms with E-state index in [1.54, 1.807) is 7.11 Å². The van der Waals surface area contributed by atoms with Gasteiger partial charge in [-0.15, -0.1) is 0 Å². The summed E-state index contributed by atoms with van der Waals surface area (Å²) in [5.41, 5.74) is 2.56. The van der Waals surface area contributed by atoms with E-state index in [1.807, 2.05) is 47.4 Å². The van der Waals surface area contributed by atoms with Gasteiger partial charge in [-0.1, -0.05) is 32.0 Å². The molecule has 1 atom stereocenters. The number of rotatable bonds is 7. The van der Waals surface area contributed by atoms with E-state index in [2.05, 4.69) is 19.2 Å². The van der Waals surface area contributed by atoms with Crippen molar-refractivity contribution in [2.75, 3.05) is 25.6 Å². The number of para-hydroxylation sites is 1. The van der Waals surface area contributed by atoms with E-state index in [9.17, 15) is 4.79 Å². The molecule has 0 aromatic heterocycles. The molecule has 26 heavy (non-hydrogen) atoms. The van der Waals surface area contributed by atoms with Crippen LogP contribution >= 0.6 is 0 Å². The van der Waals surface area contributed by atoms with Crippen molar-refractivity contribution in [2.45, 2.75) is 32.9 Å². The summed E-state index contributed by atoms with van der Waals surface area (Å²) in [6, 6.07) is 13.5. The first-order valence-corrected chi connectivity index (χ1v) is 9.16. The quantitative estimate of drug-likeness (QED) is 0.797. The molecule has 0 aliphatic carbocycles. The molecule has 5 nitrogen and oxygen atoms in total. The maximum atomic E-state index is 13.0. The van der Waals surface area contributed by atoms with E-state index >= 15 is 0 Å². The van der Waals surface area contributed by atoms with Crippen LogP contribution in [0.15, 0.2) is 42.5 Å². The number of nitrogens with zero attached hydrogens (tertiary/aromatic N) is 1. The molecule has 0 spiro atoms. The minimum absolute atomic E-state index is 0.0537. The monoisotopic (exact) mass is 354 g/mol. The fourth-order valence-corrected chi connectivity index (χ4v) is 3.22. The summed E-state index contributed by atoms with van der Waals surface area (Å²) >= 11 is 0. The zero-order valence-electron chi connectivity index (χ0n) is 15.6. The Balaban J connectivity index is 1.99. The number of amides is 1. The fourth-order valence-electron chi connectivity index (χ4n) is 3.22. The third-order valence-corrected chi connectivity index (χ3v) is 4.45. The highest BCUT2D eigenvalue weighted by atomic mass is 16.5. The summed E-state index contributed by atoms with van der Waals surface area (Å²) in [5.74, 6) is 1.46. The van der Waals surface area contributed by atoms with Crippen molar-refractivity contribution in [3.8, 4) is 11.5 Å². The molecular weight excluding hydrogens is 328 g/mol. The molecule has 2 aromatic carbocycles. The number of fused-ring (bicyclic) bond motifs is 1. The average molecular weight is 354 g/mol. The lowest BCUT2D eigenvalue weighted by Gasteiger charge is -2.38. The van der Waals surface area contributed by atoms with Gasteiger partial charge in [0.2, 0.25) is 0 Å². The largest absolute Gasteiger partial charge is 0.493 e. The van der Waals surface area contributed by atoms with E-state index in [0.717, 1.165) is 24.1 Å². The van der Waals surface area contributed by atoms with Gasteiger partial charge < -0.3 is 19.7 Å². The molecule has 138 valence electrons. The van der Waals surface area contributed by atoms with Gasteiger partial charge in [-0.3, -0.25) is 4.79 Å². The van der Waals surface area contributed by atoms with E-state index in [-0.39, 0.29) is 12.1 Å². The zero-order chi connectivity index (χ0) is 18.5. The fraction of sp³-hybridized carbons (Fsp3) is 0.381. The number of nitrogens with one attached hydrogen (secondary N) is 1. The van der Waals surface area contributed by atoms with Crippen molar-refractivity contribution in [3.63, 3.8) is 0 Å². The van der Waals surface area contributed by atoms with Gasteiger partial charge in [0, 0.05) is 12.2 Å². The summed E-state index contributed by atoms with van der Waals surface area (Å²) in [6.45, 7) is 5.45. The lowest BCUT2D eigenvalue weighted by Crippen LogP contribution is -2.43. The highest BCUT2D eigenvalue weighted by Gasteiger charge is 2.32. The number of ether oxygens (including phenoxy) is 2. The van der Waals surface area contributed by atoms with Gasteiger partial charge in [0.25, 0.3) is 5.91 Å². The van der Waals surface area contributed by atoms with E-state index in [4.69, 9.17) is 9.47 Å². The van der Waals surface area contributed by atoms with Crippen molar-refractivity contribution in [1.29, 1.82) is 0 Å². The summed E-state index contributed by atoms with van der Waals surface area (Å²) in [4.78, 5) is 14.9. The molecule has 0 fully saturated rings. The van der Waals surface area contributed by atoms with Gasteiger partial charge in [-0.2, -0.15) is 0 Å². The van der Waals surface area contributed by atoms with Gasteiger partial charge in [0.05, 0.1) is 19.3 Å². The number of hydrogen-bond donors (Lipinski definition) is 1. The van der Waals surface area contributed by atoms with E-state index in [0.29, 0.717) is 30.2 Å². The van der Waals surface area contributed by atoms with E-state index in [1.165, 1.54) is 0 Å². The van der Waals surface area contributed by atoms with Crippen molar-refractivity contribution in [3.05, 3.63) is 53.6 Å². The maximum Gasteiger partial charge on any atom is 0.257 e. The molecule has 2 aromatic rings. The molecule has 3 rings (SSSR count). The Hall–Kier alpha value is -2.69. The average Bonchev–Trinajstić information content (AvgIpc) is 2.68. The van der Waals surface area contributed by atoms with Crippen LogP contribution in [0, 0.1) is 0 Å². The summed E-state index contributed by atoms with van der Waals surface area (Å²) < 4.78 is 11.3. The lowest BCUT2D eigenvalue weighted by atomic mass is 10.0. The van der Waals surface area contributed by atoms with Crippen molar-refractivity contribution < 1.29 is 14.3 Å². The van der Waals surface area contributed by atoms with Gasteiger partial charge in [0.15, 0.2) is 11.5 Å². The standard InChI is InChI=1S/C21H26N2O3/c1-4-12-23-20(22-17-9-7-6-8-16(17)21(23)24)15-10-11-18(25-3)19(14-15)26-13-5-2/h6-11,14,20,22H,4-5,12-13H2,1-3H3/t20-/m0/s1. The molecule has 1 aliphatic rings. The number of methoxy groups -OCH3 is 1. The van der Waals surface area contributed by atoms with Gasteiger partial charge in [0.1, 0.15) is 6.17 Å². The zero-order valence-corrected chi connectivity index (χ0v) is 15.6. The maximum absolute atomic E-state index is 13.0. The van der Waals surface area contributed by atoms with Crippen LogP contribution in [0.4, 0.5) is 5.69 Å². The van der Waals surface area contributed by atoms with E-state index < -0.39 is 0 Å². The van der Waals surface area contributed by atoms with Crippen LogP contribution in [0.25, 0.3) is 0 Å². The second kappa shape index (κ2) is 8.13. The van der Waals surface area contributed by atoms with Crippen molar-refractivity contribution in [2.24, 2.45) is 0 Å². The van der Waals surface area contributed by atoms with Crippen LogP contribution in [0.1, 0.15) is 48.8 Å². The smallest absolute Gasteiger partial charge is 0.257 e. The Kier molecular flexibility index (Phi) is 5.66. The third kappa shape index (κ3) is 3.47. The normalized spacial score (nSPS) is 16.0. The van der Waals surface area contributed by atoms with Crippen molar-refractivity contribution in [1.82, 2.24) is 4.90 Å². The van der Waals surface area contributed by atoms with Gasteiger partial charge in [-0.05, 0) is 42.7 Å². The molecular formula is C21H26N2O3. The Bertz CT molecular complexity index is 776. The molecule has 1 aliphatic heterocycles. The topological polar surface area (TPSA) is 50.8 Å².